The molecule has 1 saturated heterocycles. The molecule has 0 saturated carbocycles. The lowest BCUT2D eigenvalue weighted by atomic mass is 10.1. The van der Waals surface area contributed by atoms with Crippen LogP contribution in [0.3, 0.4) is 0 Å². The van der Waals surface area contributed by atoms with Gasteiger partial charge in [0, 0.05) is 32.1 Å². The quantitative estimate of drug-likeness (QED) is 0.837. The molecule has 0 radical (unpaired) electrons. The van der Waals surface area contributed by atoms with Crippen molar-refractivity contribution >= 4 is 5.91 Å². The van der Waals surface area contributed by atoms with Crippen LogP contribution < -0.4 is 10.1 Å². The number of methoxy groups -OCH3 is 1. The van der Waals surface area contributed by atoms with E-state index in [9.17, 15) is 4.79 Å². The molecule has 1 fully saturated rings. The van der Waals surface area contributed by atoms with Gasteiger partial charge < -0.3 is 15.0 Å². The van der Waals surface area contributed by atoms with Gasteiger partial charge in [0.2, 0.25) is 5.91 Å². The van der Waals surface area contributed by atoms with Crippen LogP contribution in [0.2, 0.25) is 0 Å². The Labute approximate surface area is 127 Å². The number of rotatable bonds is 7. The maximum atomic E-state index is 12.0. The molecule has 0 aromatic heterocycles. The van der Waals surface area contributed by atoms with Crippen LogP contribution in [0.4, 0.5) is 0 Å². The first kappa shape index (κ1) is 15.8. The molecule has 0 aliphatic carbocycles. The number of ether oxygens (including phenoxy) is 1. The minimum absolute atomic E-state index is 0.282. The topological polar surface area (TPSA) is 41.6 Å². The first-order chi connectivity index (χ1) is 10.2. The molecule has 1 atom stereocenters. The second-order valence-electron chi connectivity index (χ2n) is 5.71. The molecule has 1 N–H and O–H groups in total. The van der Waals surface area contributed by atoms with Gasteiger partial charge in [0.15, 0.2) is 0 Å². The first-order valence-electron chi connectivity index (χ1n) is 7.83. The number of likely N-dealkylation sites (tertiary alicyclic amines) is 1. The normalized spacial score (nSPS) is 16.0. The SMILES string of the molecule is COc1ccccc1CC(C)NCCC(=O)N1CCCC1. The van der Waals surface area contributed by atoms with E-state index in [-0.39, 0.29) is 5.91 Å². The third kappa shape index (κ3) is 4.74. The maximum Gasteiger partial charge on any atom is 0.223 e. The van der Waals surface area contributed by atoms with Gasteiger partial charge in [-0.3, -0.25) is 4.79 Å². The third-order valence-corrected chi connectivity index (χ3v) is 4.01. The number of carbonyl (C=O) groups is 1. The standard InChI is InChI=1S/C17H26N2O2/c1-14(13-15-7-3-4-8-16(15)21-2)18-10-9-17(20)19-11-5-6-12-19/h3-4,7-8,14,18H,5-6,9-13H2,1-2H3. The van der Waals surface area contributed by atoms with E-state index in [1.165, 1.54) is 5.56 Å². The van der Waals surface area contributed by atoms with Gasteiger partial charge in [-0.25, -0.2) is 0 Å². The van der Waals surface area contributed by atoms with Gasteiger partial charge in [-0.15, -0.1) is 0 Å². The molecule has 4 nitrogen and oxygen atoms in total. The molecule has 1 aliphatic heterocycles. The van der Waals surface area contributed by atoms with E-state index in [4.69, 9.17) is 4.74 Å². The Bertz CT molecular complexity index is 456. The number of hydrogen-bond acceptors (Lipinski definition) is 3. The second kappa shape index (κ2) is 8.03. The molecule has 21 heavy (non-hydrogen) atoms. The molecule has 1 aliphatic rings. The Balaban J connectivity index is 1.72. The summed E-state index contributed by atoms with van der Waals surface area (Å²) in [5.74, 6) is 1.21. The molecular weight excluding hydrogens is 264 g/mol. The fraction of sp³-hybridized carbons (Fsp3) is 0.588. The van der Waals surface area contributed by atoms with Crippen LogP contribution in [0.1, 0.15) is 31.7 Å². The summed E-state index contributed by atoms with van der Waals surface area (Å²) in [5, 5.41) is 3.43. The number of carbonyl (C=O) groups excluding carboxylic acids is 1. The number of benzene rings is 1. The molecule has 1 heterocycles. The Morgan fingerprint density at radius 3 is 2.76 bits per heavy atom. The van der Waals surface area contributed by atoms with Crippen molar-refractivity contribution in [3.8, 4) is 5.75 Å². The third-order valence-electron chi connectivity index (χ3n) is 4.01. The lowest BCUT2D eigenvalue weighted by molar-refractivity contribution is -0.130. The van der Waals surface area contributed by atoms with E-state index in [1.54, 1.807) is 7.11 Å². The van der Waals surface area contributed by atoms with E-state index in [1.807, 2.05) is 23.1 Å². The van der Waals surface area contributed by atoms with Crippen LogP contribution >= 0.6 is 0 Å². The van der Waals surface area contributed by atoms with E-state index >= 15 is 0 Å². The molecule has 1 aromatic rings. The highest BCUT2D eigenvalue weighted by molar-refractivity contribution is 5.76. The summed E-state index contributed by atoms with van der Waals surface area (Å²) in [6.45, 7) is 4.77. The summed E-state index contributed by atoms with van der Waals surface area (Å²) >= 11 is 0. The fourth-order valence-corrected chi connectivity index (χ4v) is 2.82. The van der Waals surface area contributed by atoms with Gasteiger partial charge in [-0.2, -0.15) is 0 Å². The zero-order valence-corrected chi connectivity index (χ0v) is 13.1. The number of hydrogen-bond donors (Lipinski definition) is 1. The van der Waals surface area contributed by atoms with Gasteiger partial charge in [-0.05, 0) is 37.8 Å². The Morgan fingerprint density at radius 1 is 1.33 bits per heavy atom. The number of amides is 1. The average Bonchev–Trinajstić information content (AvgIpc) is 3.02. The lowest BCUT2D eigenvalue weighted by Crippen LogP contribution is -2.34. The van der Waals surface area contributed by atoms with Crippen LogP contribution in [-0.2, 0) is 11.2 Å². The monoisotopic (exact) mass is 290 g/mol. The van der Waals surface area contributed by atoms with Gasteiger partial charge in [-0.1, -0.05) is 18.2 Å². The van der Waals surface area contributed by atoms with Crippen molar-refractivity contribution in [3.63, 3.8) is 0 Å². The Morgan fingerprint density at radius 2 is 2.05 bits per heavy atom. The van der Waals surface area contributed by atoms with Gasteiger partial charge in [0.05, 0.1) is 7.11 Å². The first-order valence-corrected chi connectivity index (χ1v) is 7.83. The van der Waals surface area contributed by atoms with Crippen LogP contribution in [-0.4, -0.2) is 43.6 Å². The summed E-state index contributed by atoms with van der Waals surface area (Å²) in [6.07, 6.45) is 3.81. The van der Waals surface area contributed by atoms with Crippen LogP contribution in [0.15, 0.2) is 24.3 Å². The van der Waals surface area contributed by atoms with Gasteiger partial charge >= 0.3 is 0 Å². The predicted octanol–water partition coefficient (Wildman–Crippen LogP) is 2.23. The molecule has 2 rings (SSSR count). The van der Waals surface area contributed by atoms with Crippen LogP contribution in [0.25, 0.3) is 0 Å². The Kier molecular flexibility index (Phi) is 6.05. The van der Waals surface area contributed by atoms with Crippen molar-refractivity contribution in [2.75, 3.05) is 26.7 Å². The second-order valence-corrected chi connectivity index (χ2v) is 5.71. The molecule has 1 unspecified atom stereocenters. The molecular formula is C17H26N2O2. The van der Waals surface area contributed by atoms with Gasteiger partial charge in [0.1, 0.15) is 5.75 Å². The minimum atomic E-state index is 0.282. The molecule has 0 spiro atoms. The molecule has 0 bridgehead atoms. The summed E-state index contributed by atoms with van der Waals surface area (Å²) in [4.78, 5) is 13.9. The highest BCUT2D eigenvalue weighted by Crippen LogP contribution is 2.18. The van der Waals surface area contributed by atoms with Crippen LogP contribution in [0, 0.1) is 0 Å². The molecule has 4 heteroatoms. The van der Waals surface area contributed by atoms with E-state index in [0.29, 0.717) is 12.5 Å². The maximum absolute atomic E-state index is 12.0. The van der Waals surface area contributed by atoms with Crippen molar-refractivity contribution in [2.45, 2.75) is 38.6 Å². The predicted molar refractivity (Wildman–Crippen MR) is 84.6 cm³/mol. The van der Waals surface area contributed by atoms with Gasteiger partial charge in [0.25, 0.3) is 0 Å². The van der Waals surface area contributed by atoms with E-state index in [0.717, 1.165) is 44.6 Å². The largest absolute Gasteiger partial charge is 0.496 e. The van der Waals surface area contributed by atoms with E-state index in [2.05, 4.69) is 18.3 Å². The summed E-state index contributed by atoms with van der Waals surface area (Å²) in [7, 11) is 1.70. The zero-order chi connectivity index (χ0) is 15.1. The summed E-state index contributed by atoms with van der Waals surface area (Å²) in [6, 6.07) is 8.41. The number of nitrogens with zero attached hydrogens (tertiary/aromatic N) is 1. The molecule has 1 aromatic carbocycles. The van der Waals surface area contributed by atoms with Crippen molar-refractivity contribution in [1.82, 2.24) is 10.2 Å². The Hall–Kier alpha value is -1.55. The van der Waals surface area contributed by atoms with Crippen molar-refractivity contribution in [1.29, 1.82) is 0 Å². The highest BCUT2D eigenvalue weighted by atomic mass is 16.5. The smallest absolute Gasteiger partial charge is 0.223 e. The number of nitrogens with one attached hydrogen (secondary N) is 1. The average molecular weight is 290 g/mol. The van der Waals surface area contributed by atoms with Crippen LogP contribution in [0.5, 0.6) is 5.75 Å². The summed E-state index contributed by atoms with van der Waals surface area (Å²) < 4.78 is 5.37. The van der Waals surface area contributed by atoms with Crippen molar-refractivity contribution in [2.24, 2.45) is 0 Å². The summed E-state index contributed by atoms with van der Waals surface area (Å²) in [5.41, 5.74) is 1.20. The number of para-hydroxylation sites is 1. The molecule has 1 amide bonds. The fourth-order valence-electron chi connectivity index (χ4n) is 2.82. The minimum Gasteiger partial charge on any atom is -0.496 e. The molecule has 116 valence electrons. The zero-order valence-electron chi connectivity index (χ0n) is 13.1. The van der Waals surface area contributed by atoms with E-state index < -0.39 is 0 Å². The highest BCUT2D eigenvalue weighted by Gasteiger charge is 2.17. The van der Waals surface area contributed by atoms with Crippen molar-refractivity contribution in [3.05, 3.63) is 29.8 Å². The lowest BCUT2D eigenvalue weighted by Gasteiger charge is -2.18. The van der Waals surface area contributed by atoms with Crippen molar-refractivity contribution < 1.29 is 9.53 Å².